The van der Waals surface area contributed by atoms with Crippen LogP contribution in [0, 0.1) is 5.92 Å². The Kier molecular flexibility index (Phi) is 8.26. The van der Waals surface area contributed by atoms with Gasteiger partial charge in [-0.2, -0.15) is 4.98 Å². The van der Waals surface area contributed by atoms with Crippen LogP contribution in [0.2, 0.25) is 0 Å². The Morgan fingerprint density at radius 2 is 1.85 bits per heavy atom. The number of alkyl halides is 1. The van der Waals surface area contributed by atoms with E-state index in [-0.39, 0.29) is 18.2 Å². The van der Waals surface area contributed by atoms with E-state index < -0.39 is 27.4 Å². The quantitative estimate of drug-likeness (QED) is 0.370. The average molecular weight is 578 g/mol. The highest BCUT2D eigenvalue weighted by atomic mass is 32.2. The Morgan fingerprint density at radius 3 is 2.51 bits per heavy atom. The molecule has 4 heterocycles. The summed E-state index contributed by atoms with van der Waals surface area (Å²) >= 11 is 0. The lowest BCUT2D eigenvalue weighted by molar-refractivity contribution is -0.0185. The van der Waals surface area contributed by atoms with Crippen LogP contribution in [0.25, 0.3) is 10.8 Å². The van der Waals surface area contributed by atoms with Crippen molar-refractivity contribution in [2.24, 2.45) is 5.92 Å². The van der Waals surface area contributed by atoms with E-state index in [4.69, 9.17) is 9.72 Å². The van der Waals surface area contributed by atoms with Crippen molar-refractivity contribution >= 4 is 67.4 Å². The first-order valence-electron chi connectivity index (χ1n) is 14.3. The molecule has 0 bridgehead atoms. The van der Waals surface area contributed by atoms with Gasteiger partial charge in [0.05, 0.1) is 18.4 Å². The van der Waals surface area contributed by atoms with Gasteiger partial charge in [0.1, 0.15) is 51.2 Å². The monoisotopic (exact) mass is 578 g/mol. The number of anilines is 4. The lowest BCUT2D eigenvalue weighted by atomic mass is 9.52. The molecule has 2 atom stereocenters. The molecule has 0 unspecified atom stereocenters. The fourth-order valence-electron chi connectivity index (χ4n) is 5.75. The summed E-state index contributed by atoms with van der Waals surface area (Å²) in [7, 11) is 2.84. The van der Waals surface area contributed by atoms with Gasteiger partial charge in [0.2, 0.25) is 5.95 Å². The van der Waals surface area contributed by atoms with Gasteiger partial charge in [-0.05, 0) is 46.8 Å². The zero-order valence-electron chi connectivity index (χ0n) is 24.8. The zero-order chi connectivity index (χ0) is 29.5. The third-order valence-electron chi connectivity index (χ3n) is 7.54. The summed E-state index contributed by atoms with van der Waals surface area (Å²) in [6, 6.07) is 8.09. The number of benzene rings is 1. The average Bonchev–Trinajstić information content (AvgIpc) is 2.85. The van der Waals surface area contributed by atoms with E-state index in [9.17, 15) is 12.8 Å². The second kappa shape index (κ2) is 11.4. The third-order valence-corrected chi connectivity index (χ3v) is 8.62. The molecule has 41 heavy (non-hydrogen) atoms. The number of rotatable bonds is 9. The zero-order valence-corrected chi connectivity index (χ0v) is 25.6. The molecule has 2 aliphatic rings. The lowest BCUT2D eigenvalue weighted by Gasteiger charge is -2.41. The van der Waals surface area contributed by atoms with Gasteiger partial charge in [-0.25, -0.2) is 22.8 Å². The maximum Gasteiger partial charge on any atom is 0.227 e. The number of nitrogens with zero attached hydrogens (tertiary/aromatic N) is 5. The summed E-state index contributed by atoms with van der Waals surface area (Å²) in [5, 5.41) is 5.06. The maximum atomic E-state index is 14.9. The molecule has 216 valence electrons. The van der Waals surface area contributed by atoms with Crippen molar-refractivity contribution in [2.45, 2.75) is 43.8 Å². The fourth-order valence-corrected chi connectivity index (χ4v) is 6.81. The van der Waals surface area contributed by atoms with E-state index in [0.717, 1.165) is 16.5 Å². The van der Waals surface area contributed by atoms with Gasteiger partial charge in [0.15, 0.2) is 0 Å². The van der Waals surface area contributed by atoms with E-state index >= 15 is 0 Å². The normalized spacial score (nSPS) is 20.4. The molecule has 2 fully saturated rings. The van der Waals surface area contributed by atoms with Crippen molar-refractivity contribution in [2.75, 3.05) is 53.3 Å². The topological polar surface area (TPSA) is 101 Å². The Hall–Kier alpha value is -2.86. The Morgan fingerprint density at radius 1 is 1.10 bits per heavy atom. The summed E-state index contributed by atoms with van der Waals surface area (Å²) in [5.41, 5.74) is 2.28. The molecule has 14 heteroatoms. The molecule has 9 nitrogen and oxygen atoms in total. The summed E-state index contributed by atoms with van der Waals surface area (Å²) < 4.78 is 44.3. The molecule has 5 rings (SSSR count). The molecule has 1 aromatic carbocycles. The third kappa shape index (κ3) is 7.14. The molecule has 2 saturated heterocycles. The molecule has 0 amide bonds. The highest BCUT2D eigenvalue weighted by Gasteiger charge is 2.34. The first-order chi connectivity index (χ1) is 19.3. The van der Waals surface area contributed by atoms with Gasteiger partial charge in [0, 0.05) is 55.3 Å². The largest absolute Gasteiger partial charge is 0.394 e. The fraction of sp³-hybridized carbons (Fsp3) is 0.519. The highest BCUT2D eigenvalue weighted by Crippen LogP contribution is 2.37. The second-order valence-electron chi connectivity index (χ2n) is 12.7. The number of hydrogen-bond acceptors (Lipinski definition) is 9. The highest BCUT2D eigenvalue weighted by molar-refractivity contribution is 7.90. The molecular weight excluding hydrogens is 540 g/mol. The number of sulfone groups is 1. The first kappa shape index (κ1) is 29.6. The van der Waals surface area contributed by atoms with Gasteiger partial charge >= 0.3 is 0 Å². The van der Waals surface area contributed by atoms with Crippen molar-refractivity contribution in [3.8, 4) is 0 Å². The smallest absolute Gasteiger partial charge is 0.227 e. The van der Waals surface area contributed by atoms with Gasteiger partial charge in [0.25, 0.3) is 0 Å². The molecule has 0 aliphatic carbocycles. The van der Waals surface area contributed by atoms with Gasteiger partial charge in [-0.15, -0.1) is 0 Å². The van der Waals surface area contributed by atoms with Crippen LogP contribution in [0.4, 0.5) is 27.7 Å². The minimum atomic E-state index is -2.99. The van der Waals surface area contributed by atoms with E-state index in [1.807, 2.05) is 40.7 Å². The van der Waals surface area contributed by atoms with Crippen LogP contribution in [0.15, 0.2) is 36.7 Å². The summed E-state index contributed by atoms with van der Waals surface area (Å²) in [5.74, 6) is 2.38. The van der Waals surface area contributed by atoms with Crippen LogP contribution in [-0.2, 0) is 14.6 Å². The summed E-state index contributed by atoms with van der Waals surface area (Å²) in [6.45, 7) is 6.55. The SMILES string of the molecule is BC(B)(B)O[C@H]1CCN(c2nccc(Nc3cc4c(C(C)C)ccc(N5CC(CS(C)(=O)=O)C5)c4cn3)n2)C[C@H]1F. The number of piperidine rings is 1. The van der Waals surface area contributed by atoms with Crippen molar-refractivity contribution in [3.63, 3.8) is 0 Å². The predicted octanol–water partition coefficient (Wildman–Crippen LogP) is 0.817. The molecule has 2 aromatic heterocycles. The van der Waals surface area contributed by atoms with Crippen LogP contribution in [0.5, 0.6) is 0 Å². The van der Waals surface area contributed by atoms with Gasteiger partial charge in [-0.1, -0.05) is 19.9 Å². The number of halogens is 1. The van der Waals surface area contributed by atoms with E-state index in [0.29, 0.717) is 49.6 Å². The van der Waals surface area contributed by atoms with Crippen molar-refractivity contribution in [1.29, 1.82) is 0 Å². The van der Waals surface area contributed by atoms with E-state index in [1.165, 1.54) is 11.8 Å². The van der Waals surface area contributed by atoms with Gasteiger partial charge in [-0.3, -0.25) is 0 Å². The first-order valence-corrected chi connectivity index (χ1v) is 16.3. The van der Waals surface area contributed by atoms with Crippen molar-refractivity contribution in [1.82, 2.24) is 15.0 Å². The number of fused-ring (bicyclic) bond motifs is 1. The number of ether oxygens (including phenoxy) is 1. The van der Waals surface area contributed by atoms with Crippen LogP contribution in [0.1, 0.15) is 31.7 Å². The molecule has 0 spiro atoms. The number of hydrogen-bond donors (Lipinski definition) is 1. The van der Waals surface area contributed by atoms with Crippen LogP contribution >= 0.6 is 0 Å². The number of pyridine rings is 1. The molecule has 3 aromatic rings. The molecule has 1 N–H and O–H groups in total. The molecular formula is C27H38B3FN6O3S. The maximum absolute atomic E-state index is 14.9. The Labute approximate surface area is 244 Å². The molecule has 0 radical (unpaired) electrons. The predicted molar refractivity (Wildman–Crippen MR) is 172 cm³/mol. The summed E-state index contributed by atoms with van der Waals surface area (Å²) in [4.78, 5) is 17.9. The van der Waals surface area contributed by atoms with Gasteiger partial charge < -0.3 is 19.9 Å². The van der Waals surface area contributed by atoms with Crippen molar-refractivity contribution < 1.29 is 17.5 Å². The lowest BCUT2D eigenvalue weighted by Crippen LogP contribution is -2.50. The molecule has 0 saturated carbocycles. The van der Waals surface area contributed by atoms with Crippen LogP contribution < -0.4 is 15.1 Å². The minimum absolute atomic E-state index is 0.148. The Balaban J connectivity index is 1.33. The van der Waals surface area contributed by atoms with Crippen LogP contribution in [0.3, 0.4) is 0 Å². The Bertz CT molecular complexity index is 1520. The second-order valence-corrected chi connectivity index (χ2v) is 14.9. The standard InChI is InChI=1S/C27H38B3FN6O3S/c1-16(2)18-4-5-22(37-12-17(13-37)15-41(3,38)39)20-11-33-25(10-19(18)20)34-24-6-8-32-26(35-24)36-9-7-23(21(31)14-36)40-27(28,29)30/h4-6,8,10-11,16-17,21,23H,7,9,12-15,28-30H2,1-3H3,(H,32,33,34,35)/t21-,23+/m1/s1. The summed E-state index contributed by atoms with van der Waals surface area (Å²) in [6.07, 6.45) is 3.85. The number of nitrogens with one attached hydrogen (secondary N) is 1. The van der Waals surface area contributed by atoms with Crippen LogP contribution in [-0.4, -0.2) is 103 Å². The van der Waals surface area contributed by atoms with Crippen molar-refractivity contribution in [3.05, 3.63) is 42.2 Å². The number of aromatic nitrogens is 3. The van der Waals surface area contributed by atoms with E-state index in [2.05, 4.69) is 46.2 Å². The van der Waals surface area contributed by atoms with E-state index in [1.54, 1.807) is 12.3 Å². The molecule has 2 aliphatic heterocycles. The minimum Gasteiger partial charge on any atom is -0.394 e.